The lowest BCUT2D eigenvalue weighted by Crippen LogP contribution is -2.41. The van der Waals surface area contributed by atoms with E-state index in [1.165, 1.54) is 0 Å². The molecule has 1 aliphatic heterocycles. The lowest BCUT2D eigenvalue weighted by molar-refractivity contribution is -0.119. The van der Waals surface area contributed by atoms with E-state index >= 15 is 0 Å². The monoisotopic (exact) mass is 299 g/mol. The average Bonchev–Trinajstić information content (AvgIpc) is 2.81. The van der Waals surface area contributed by atoms with Gasteiger partial charge in [0.25, 0.3) is 0 Å². The van der Waals surface area contributed by atoms with E-state index in [0.29, 0.717) is 0 Å². The number of amides is 1. The normalized spacial score (nSPS) is 20.8. The highest BCUT2D eigenvalue weighted by Gasteiger charge is 2.33. The topological polar surface area (TPSA) is 72.4 Å². The highest BCUT2D eigenvalue weighted by molar-refractivity contribution is 5.85. The van der Waals surface area contributed by atoms with Crippen LogP contribution in [0.4, 0.5) is 5.69 Å². The zero-order valence-corrected chi connectivity index (χ0v) is 13.2. The van der Waals surface area contributed by atoms with Crippen LogP contribution in [0.3, 0.4) is 0 Å². The summed E-state index contributed by atoms with van der Waals surface area (Å²) in [6.45, 7) is 6.75. The van der Waals surface area contributed by atoms with Crippen LogP contribution in [0.15, 0.2) is 28.8 Å². The molecule has 1 aliphatic rings. The molecule has 22 heavy (non-hydrogen) atoms. The maximum absolute atomic E-state index is 11.8. The molecule has 3 rings (SSSR count). The summed E-state index contributed by atoms with van der Waals surface area (Å²) < 4.78 is 5.27. The highest BCUT2D eigenvalue weighted by Crippen LogP contribution is 2.39. The standard InChI is InChI=1S/C17H21N3O2/c1-10-8-14(17(18)21)13-6-4-5-7-16(13)20(10)9-15-11(2)19-22-12(15)3/h4-7,10,14H,8-9H2,1-3H3,(H2,18,21)/t10-,14-/m0/s1. The molecule has 1 aromatic heterocycles. The van der Waals surface area contributed by atoms with Gasteiger partial charge in [0.1, 0.15) is 5.76 Å². The minimum absolute atomic E-state index is 0.216. The Morgan fingerprint density at radius 3 is 2.77 bits per heavy atom. The van der Waals surface area contributed by atoms with Crippen LogP contribution in [0.25, 0.3) is 0 Å². The number of carbonyl (C=O) groups excluding carboxylic acids is 1. The van der Waals surface area contributed by atoms with E-state index in [1.807, 2.05) is 32.0 Å². The number of primary amides is 1. The van der Waals surface area contributed by atoms with Crippen LogP contribution in [0, 0.1) is 13.8 Å². The van der Waals surface area contributed by atoms with Crippen LogP contribution in [-0.2, 0) is 11.3 Å². The van der Waals surface area contributed by atoms with E-state index < -0.39 is 0 Å². The Hall–Kier alpha value is -2.30. The van der Waals surface area contributed by atoms with Crippen LogP contribution in [-0.4, -0.2) is 17.1 Å². The molecule has 1 amide bonds. The quantitative estimate of drug-likeness (QED) is 0.945. The highest BCUT2D eigenvalue weighted by atomic mass is 16.5. The van der Waals surface area contributed by atoms with Gasteiger partial charge in [-0.1, -0.05) is 23.4 Å². The zero-order valence-electron chi connectivity index (χ0n) is 13.2. The second-order valence-electron chi connectivity index (χ2n) is 6.03. The third kappa shape index (κ3) is 2.36. The lowest BCUT2D eigenvalue weighted by Gasteiger charge is -2.40. The number of anilines is 1. The van der Waals surface area contributed by atoms with Crippen LogP contribution in [0.1, 0.15) is 41.8 Å². The maximum Gasteiger partial charge on any atom is 0.225 e. The van der Waals surface area contributed by atoms with Crippen LogP contribution < -0.4 is 10.6 Å². The van der Waals surface area contributed by atoms with Crippen LogP contribution in [0.5, 0.6) is 0 Å². The third-order valence-corrected chi connectivity index (χ3v) is 4.58. The number of benzene rings is 1. The number of nitrogens with zero attached hydrogens (tertiary/aromatic N) is 2. The molecule has 116 valence electrons. The molecule has 5 heteroatoms. The molecular weight excluding hydrogens is 278 g/mol. The zero-order chi connectivity index (χ0) is 15.9. The van der Waals surface area contributed by atoms with Crippen molar-refractivity contribution in [3.05, 3.63) is 46.8 Å². The predicted octanol–water partition coefficient (Wildman–Crippen LogP) is 2.66. The fraction of sp³-hybridized carbons (Fsp3) is 0.412. The molecule has 0 bridgehead atoms. The van der Waals surface area contributed by atoms with Crippen LogP contribution >= 0.6 is 0 Å². The molecular formula is C17H21N3O2. The van der Waals surface area contributed by atoms with Crippen molar-refractivity contribution in [3.8, 4) is 0 Å². The number of hydrogen-bond donors (Lipinski definition) is 1. The van der Waals surface area contributed by atoms with Crippen molar-refractivity contribution in [3.63, 3.8) is 0 Å². The summed E-state index contributed by atoms with van der Waals surface area (Å²) in [4.78, 5) is 14.1. The molecule has 2 N–H and O–H groups in total. The first-order valence-corrected chi connectivity index (χ1v) is 7.55. The number of fused-ring (bicyclic) bond motifs is 1. The minimum atomic E-state index is -0.253. The summed E-state index contributed by atoms with van der Waals surface area (Å²) in [6.07, 6.45) is 0.732. The lowest BCUT2D eigenvalue weighted by atomic mass is 9.85. The first-order valence-electron chi connectivity index (χ1n) is 7.55. The molecule has 0 saturated carbocycles. The van der Waals surface area contributed by atoms with Crippen molar-refractivity contribution in [2.45, 2.75) is 45.7 Å². The van der Waals surface area contributed by atoms with Crippen molar-refractivity contribution < 1.29 is 9.32 Å². The number of rotatable bonds is 3. The second kappa shape index (κ2) is 5.48. The van der Waals surface area contributed by atoms with Crippen molar-refractivity contribution in [2.24, 2.45) is 5.73 Å². The summed E-state index contributed by atoms with van der Waals surface area (Å²) >= 11 is 0. The fourth-order valence-electron chi connectivity index (χ4n) is 3.28. The number of aryl methyl sites for hydroxylation is 2. The molecule has 0 fully saturated rings. The van der Waals surface area contributed by atoms with Crippen molar-refractivity contribution in [1.82, 2.24) is 5.16 Å². The van der Waals surface area contributed by atoms with Gasteiger partial charge in [-0.25, -0.2) is 0 Å². The van der Waals surface area contributed by atoms with Crippen molar-refractivity contribution in [2.75, 3.05) is 4.90 Å². The van der Waals surface area contributed by atoms with Gasteiger partial charge in [0, 0.05) is 23.8 Å². The van der Waals surface area contributed by atoms with E-state index in [9.17, 15) is 4.79 Å². The van der Waals surface area contributed by atoms with Gasteiger partial charge in [0.2, 0.25) is 5.91 Å². The van der Waals surface area contributed by atoms with Crippen LogP contribution in [0.2, 0.25) is 0 Å². The molecule has 2 atom stereocenters. The maximum atomic E-state index is 11.8. The Balaban J connectivity index is 2.01. The number of para-hydroxylation sites is 1. The van der Waals surface area contributed by atoms with Gasteiger partial charge in [-0.2, -0.15) is 0 Å². The van der Waals surface area contributed by atoms with Gasteiger partial charge >= 0.3 is 0 Å². The number of nitrogens with two attached hydrogens (primary N) is 1. The molecule has 0 aliphatic carbocycles. The summed E-state index contributed by atoms with van der Waals surface area (Å²) in [5, 5.41) is 4.03. The molecule has 0 radical (unpaired) electrons. The van der Waals surface area contributed by atoms with Gasteiger partial charge in [0.05, 0.1) is 11.6 Å². The Kier molecular flexibility index (Phi) is 3.64. The number of carbonyl (C=O) groups is 1. The largest absolute Gasteiger partial charge is 0.369 e. The van der Waals surface area contributed by atoms with Gasteiger partial charge in [-0.3, -0.25) is 4.79 Å². The molecule has 0 spiro atoms. The average molecular weight is 299 g/mol. The molecule has 5 nitrogen and oxygen atoms in total. The van der Waals surface area contributed by atoms with E-state index in [-0.39, 0.29) is 17.9 Å². The minimum Gasteiger partial charge on any atom is -0.369 e. The summed E-state index contributed by atoms with van der Waals surface area (Å²) in [5.74, 6) is 0.377. The van der Waals surface area contributed by atoms with Gasteiger partial charge in [-0.15, -0.1) is 0 Å². The summed E-state index contributed by atoms with van der Waals surface area (Å²) in [5.41, 5.74) is 9.71. The van der Waals surface area contributed by atoms with Gasteiger partial charge < -0.3 is 15.2 Å². The van der Waals surface area contributed by atoms with E-state index in [4.69, 9.17) is 10.3 Å². The first-order chi connectivity index (χ1) is 10.5. The molecule has 0 unspecified atom stereocenters. The summed E-state index contributed by atoms with van der Waals surface area (Å²) in [6, 6.07) is 8.23. The van der Waals surface area contributed by atoms with Gasteiger partial charge in [0.15, 0.2) is 0 Å². The van der Waals surface area contributed by atoms with Crippen molar-refractivity contribution >= 4 is 11.6 Å². The number of hydrogen-bond acceptors (Lipinski definition) is 4. The second-order valence-corrected chi connectivity index (χ2v) is 6.03. The van der Waals surface area contributed by atoms with Crippen molar-refractivity contribution in [1.29, 1.82) is 0 Å². The van der Waals surface area contributed by atoms with Gasteiger partial charge in [-0.05, 0) is 38.8 Å². The first kappa shape index (κ1) is 14.6. The molecule has 2 aromatic rings. The van der Waals surface area contributed by atoms with E-state index in [2.05, 4.69) is 23.0 Å². The predicted molar refractivity (Wildman–Crippen MR) is 84.6 cm³/mol. The molecule has 2 heterocycles. The Morgan fingerprint density at radius 2 is 2.14 bits per heavy atom. The Labute approximate surface area is 130 Å². The Bertz CT molecular complexity index is 688. The smallest absolute Gasteiger partial charge is 0.225 e. The third-order valence-electron chi connectivity index (χ3n) is 4.58. The molecule has 1 aromatic carbocycles. The molecule has 0 saturated heterocycles. The van der Waals surface area contributed by atoms with E-state index in [1.54, 1.807) is 0 Å². The fourth-order valence-corrected chi connectivity index (χ4v) is 3.28. The van der Waals surface area contributed by atoms with E-state index in [0.717, 1.165) is 41.2 Å². The Morgan fingerprint density at radius 1 is 1.41 bits per heavy atom. The SMILES string of the molecule is Cc1noc(C)c1CN1c2ccccc2[C@@H](C(N)=O)C[C@@H]1C. The number of aromatic nitrogens is 1. The summed E-state index contributed by atoms with van der Waals surface area (Å²) in [7, 11) is 0.